The first-order chi connectivity index (χ1) is 9.25. The molecule has 0 bridgehead atoms. The lowest BCUT2D eigenvalue weighted by Gasteiger charge is -1.97. The molecule has 2 nitrogen and oxygen atoms in total. The van der Waals surface area contributed by atoms with Crippen molar-refractivity contribution in [2.24, 2.45) is 0 Å². The zero-order chi connectivity index (χ0) is 13.2. The topological polar surface area (TPSA) is 37.3 Å². The van der Waals surface area contributed by atoms with Crippen LogP contribution < -0.4 is 5.43 Å². The summed E-state index contributed by atoms with van der Waals surface area (Å²) in [4.78, 5) is 12.0. The lowest BCUT2D eigenvalue weighted by atomic mass is 10.1. The van der Waals surface area contributed by atoms with Gasteiger partial charge in [-0.2, -0.15) is 0 Å². The van der Waals surface area contributed by atoms with Gasteiger partial charge < -0.3 is 5.11 Å². The molecule has 0 heterocycles. The van der Waals surface area contributed by atoms with Crippen LogP contribution in [-0.2, 0) is 0 Å². The number of aromatic hydroxyl groups is 1. The average molecular weight is 248 g/mol. The highest BCUT2D eigenvalue weighted by atomic mass is 16.3. The van der Waals surface area contributed by atoms with Crippen molar-refractivity contribution in [2.45, 2.75) is 0 Å². The number of hydrogen-bond donors (Lipinski definition) is 1. The van der Waals surface area contributed by atoms with E-state index in [1.807, 2.05) is 54.6 Å². The van der Waals surface area contributed by atoms with Gasteiger partial charge in [-0.05, 0) is 28.6 Å². The smallest absolute Gasteiger partial charge is 0.221 e. The van der Waals surface area contributed by atoms with E-state index in [1.165, 1.54) is 6.07 Å². The minimum Gasteiger partial charge on any atom is -0.504 e. The van der Waals surface area contributed by atoms with E-state index in [2.05, 4.69) is 0 Å². The fraction of sp³-hybridized carbons (Fsp3) is 0. The highest BCUT2D eigenvalue weighted by molar-refractivity contribution is 5.90. The molecule has 0 atom stereocenters. The normalized spacial score (nSPS) is 10.5. The summed E-state index contributed by atoms with van der Waals surface area (Å²) in [5, 5.41) is 11.4. The maximum absolute atomic E-state index is 12.0. The van der Waals surface area contributed by atoms with Gasteiger partial charge in [0.25, 0.3) is 0 Å². The molecule has 2 heteroatoms. The molecule has 19 heavy (non-hydrogen) atoms. The Morgan fingerprint density at radius 3 is 2.21 bits per heavy atom. The zero-order valence-corrected chi connectivity index (χ0v) is 10.2. The van der Waals surface area contributed by atoms with Gasteiger partial charge in [0.15, 0.2) is 5.75 Å². The molecule has 0 aliphatic rings. The van der Waals surface area contributed by atoms with Crippen molar-refractivity contribution < 1.29 is 5.11 Å². The number of hydrogen-bond acceptors (Lipinski definition) is 2. The van der Waals surface area contributed by atoms with E-state index in [0.717, 1.165) is 16.5 Å². The quantitative estimate of drug-likeness (QED) is 0.714. The summed E-state index contributed by atoms with van der Waals surface area (Å²) in [6, 6.07) is 20.4. The Kier molecular flexibility index (Phi) is 2.76. The molecule has 0 unspecified atom stereocenters. The zero-order valence-electron chi connectivity index (χ0n) is 10.2. The SMILES string of the molecule is O=c1cc(-c2ccccc2)cc2ccccc2c1O. The minimum atomic E-state index is -0.361. The van der Waals surface area contributed by atoms with Gasteiger partial charge in [0, 0.05) is 5.39 Å². The van der Waals surface area contributed by atoms with Crippen LogP contribution in [0.25, 0.3) is 21.9 Å². The fourth-order valence-corrected chi connectivity index (χ4v) is 2.19. The molecule has 1 N–H and O–H groups in total. The predicted molar refractivity (Wildman–Crippen MR) is 77.3 cm³/mol. The Labute approximate surface area is 110 Å². The molecule has 3 rings (SSSR count). The van der Waals surface area contributed by atoms with Gasteiger partial charge in [0.05, 0.1) is 0 Å². The first-order valence-corrected chi connectivity index (χ1v) is 6.07. The third kappa shape index (κ3) is 2.08. The Bertz CT molecular complexity index is 793. The molecule has 3 aromatic rings. The van der Waals surface area contributed by atoms with Crippen LogP contribution in [0.15, 0.2) is 71.5 Å². The molecule has 0 saturated heterocycles. The van der Waals surface area contributed by atoms with Gasteiger partial charge >= 0.3 is 0 Å². The van der Waals surface area contributed by atoms with E-state index >= 15 is 0 Å². The molecule has 0 radical (unpaired) electrons. The van der Waals surface area contributed by atoms with Crippen LogP contribution in [0, 0.1) is 0 Å². The van der Waals surface area contributed by atoms with Gasteiger partial charge in [-0.1, -0.05) is 54.6 Å². The van der Waals surface area contributed by atoms with Gasteiger partial charge in [-0.15, -0.1) is 0 Å². The van der Waals surface area contributed by atoms with Crippen LogP contribution in [-0.4, -0.2) is 5.11 Å². The molecular formula is C17H12O2. The third-order valence-corrected chi connectivity index (χ3v) is 3.15. The predicted octanol–water partition coefficient (Wildman–Crippen LogP) is 3.57. The van der Waals surface area contributed by atoms with Crippen molar-refractivity contribution in [1.29, 1.82) is 0 Å². The van der Waals surface area contributed by atoms with E-state index in [4.69, 9.17) is 0 Å². The largest absolute Gasteiger partial charge is 0.504 e. The van der Waals surface area contributed by atoms with E-state index in [-0.39, 0.29) is 11.2 Å². The van der Waals surface area contributed by atoms with Crippen LogP contribution in [0.1, 0.15) is 0 Å². The lowest BCUT2D eigenvalue weighted by Crippen LogP contribution is -1.94. The first kappa shape index (κ1) is 11.5. The van der Waals surface area contributed by atoms with Crippen LogP contribution in [0.4, 0.5) is 0 Å². The van der Waals surface area contributed by atoms with E-state index in [1.54, 1.807) is 6.07 Å². The number of benzene rings is 2. The van der Waals surface area contributed by atoms with Crippen molar-refractivity contribution in [3.05, 3.63) is 77.0 Å². The molecule has 0 aromatic heterocycles. The molecule has 0 saturated carbocycles. The lowest BCUT2D eigenvalue weighted by molar-refractivity contribution is 0.477. The third-order valence-electron chi connectivity index (χ3n) is 3.15. The summed E-state index contributed by atoms with van der Waals surface area (Å²) in [5.74, 6) is -0.196. The number of rotatable bonds is 1. The van der Waals surface area contributed by atoms with Gasteiger partial charge in [0.2, 0.25) is 5.43 Å². The molecule has 0 aliphatic carbocycles. The standard InChI is InChI=1S/C17H12O2/c18-16-11-14(12-6-2-1-3-7-12)10-13-8-4-5-9-15(13)17(16)19/h1-11H,(H,18,19). The highest BCUT2D eigenvalue weighted by Gasteiger charge is 2.05. The molecule has 92 valence electrons. The average Bonchev–Trinajstić information content (AvgIpc) is 2.58. The summed E-state index contributed by atoms with van der Waals surface area (Å²) < 4.78 is 0. The summed E-state index contributed by atoms with van der Waals surface area (Å²) in [5.41, 5.74) is 1.41. The van der Waals surface area contributed by atoms with Gasteiger partial charge in [-0.25, -0.2) is 0 Å². The second kappa shape index (κ2) is 4.58. The van der Waals surface area contributed by atoms with Crippen molar-refractivity contribution >= 4 is 10.8 Å². The van der Waals surface area contributed by atoms with Crippen LogP contribution in [0.5, 0.6) is 5.75 Å². The second-order valence-electron chi connectivity index (χ2n) is 4.41. The molecular weight excluding hydrogens is 236 g/mol. The summed E-state index contributed by atoms with van der Waals surface area (Å²) >= 11 is 0. The van der Waals surface area contributed by atoms with Crippen molar-refractivity contribution in [3.8, 4) is 16.9 Å². The summed E-state index contributed by atoms with van der Waals surface area (Å²) in [7, 11) is 0. The van der Waals surface area contributed by atoms with E-state index in [9.17, 15) is 9.90 Å². The van der Waals surface area contributed by atoms with Crippen LogP contribution in [0.2, 0.25) is 0 Å². The Morgan fingerprint density at radius 1 is 0.737 bits per heavy atom. The minimum absolute atomic E-state index is 0.196. The molecule has 0 spiro atoms. The monoisotopic (exact) mass is 248 g/mol. The Balaban J connectivity index is 2.41. The first-order valence-electron chi connectivity index (χ1n) is 6.07. The van der Waals surface area contributed by atoms with Crippen molar-refractivity contribution in [3.63, 3.8) is 0 Å². The van der Waals surface area contributed by atoms with Crippen LogP contribution >= 0.6 is 0 Å². The number of fused-ring (bicyclic) bond motifs is 1. The molecule has 0 aliphatic heterocycles. The van der Waals surface area contributed by atoms with E-state index in [0.29, 0.717) is 5.39 Å². The highest BCUT2D eigenvalue weighted by Crippen LogP contribution is 2.25. The maximum atomic E-state index is 12.0. The fourth-order valence-electron chi connectivity index (χ4n) is 2.19. The van der Waals surface area contributed by atoms with Crippen LogP contribution in [0.3, 0.4) is 0 Å². The van der Waals surface area contributed by atoms with Gasteiger partial charge in [0.1, 0.15) is 0 Å². The van der Waals surface area contributed by atoms with E-state index < -0.39 is 0 Å². The Morgan fingerprint density at radius 2 is 1.42 bits per heavy atom. The Hall–Kier alpha value is -2.61. The molecule has 0 amide bonds. The summed E-state index contributed by atoms with van der Waals surface area (Å²) in [6.07, 6.45) is 0. The molecule has 3 aromatic carbocycles. The summed E-state index contributed by atoms with van der Waals surface area (Å²) in [6.45, 7) is 0. The molecule has 0 fully saturated rings. The van der Waals surface area contributed by atoms with Crippen molar-refractivity contribution in [1.82, 2.24) is 0 Å². The maximum Gasteiger partial charge on any atom is 0.221 e. The van der Waals surface area contributed by atoms with Gasteiger partial charge in [-0.3, -0.25) is 4.79 Å². The second-order valence-corrected chi connectivity index (χ2v) is 4.41. The van der Waals surface area contributed by atoms with Crippen molar-refractivity contribution in [2.75, 3.05) is 0 Å².